The summed E-state index contributed by atoms with van der Waals surface area (Å²) in [6, 6.07) is 0.281. The van der Waals surface area contributed by atoms with E-state index in [0.29, 0.717) is 25.0 Å². The molecule has 1 rings (SSSR count). The van der Waals surface area contributed by atoms with Gasteiger partial charge in [-0.25, -0.2) is 0 Å². The van der Waals surface area contributed by atoms with Crippen LogP contribution >= 0.6 is 0 Å². The second-order valence-electron chi connectivity index (χ2n) is 6.56. The predicted molar refractivity (Wildman–Crippen MR) is 82.4 cm³/mol. The zero-order valence-corrected chi connectivity index (χ0v) is 13.4. The van der Waals surface area contributed by atoms with E-state index >= 15 is 0 Å². The van der Waals surface area contributed by atoms with Crippen LogP contribution in [0.1, 0.15) is 52.9 Å². The van der Waals surface area contributed by atoms with Gasteiger partial charge in [-0.15, -0.1) is 0 Å². The molecular formula is C16H32N2O2. The standard InChI is InChI=1S/C16H32N2O2/c1-12(2)7-9-20-10-8-18-16(19)13(3)14-5-4-6-15(17)11-14/h12-15H,4-11,17H2,1-3H3,(H,18,19). The molecule has 0 aromatic carbocycles. The maximum Gasteiger partial charge on any atom is 0.223 e. The molecule has 20 heavy (non-hydrogen) atoms. The number of ether oxygens (including phenoxy) is 1. The molecule has 3 atom stereocenters. The monoisotopic (exact) mass is 284 g/mol. The van der Waals surface area contributed by atoms with E-state index in [2.05, 4.69) is 19.2 Å². The predicted octanol–water partition coefficient (Wildman–Crippen LogP) is 2.32. The van der Waals surface area contributed by atoms with Crippen molar-refractivity contribution in [1.29, 1.82) is 0 Å². The van der Waals surface area contributed by atoms with Crippen molar-refractivity contribution in [3.8, 4) is 0 Å². The van der Waals surface area contributed by atoms with Crippen LogP contribution in [-0.4, -0.2) is 31.7 Å². The average Bonchev–Trinajstić information content (AvgIpc) is 2.41. The van der Waals surface area contributed by atoms with Crippen LogP contribution in [0.25, 0.3) is 0 Å². The Morgan fingerprint density at radius 2 is 2.05 bits per heavy atom. The molecule has 1 aliphatic rings. The Hall–Kier alpha value is -0.610. The first-order chi connectivity index (χ1) is 9.50. The van der Waals surface area contributed by atoms with E-state index < -0.39 is 0 Å². The summed E-state index contributed by atoms with van der Waals surface area (Å²) >= 11 is 0. The maximum absolute atomic E-state index is 12.1. The number of hydrogen-bond acceptors (Lipinski definition) is 3. The summed E-state index contributed by atoms with van der Waals surface area (Å²) in [7, 11) is 0. The van der Waals surface area contributed by atoms with E-state index in [-0.39, 0.29) is 17.9 Å². The van der Waals surface area contributed by atoms with Crippen molar-refractivity contribution in [3.63, 3.8) is 0 Å². The van der Waals surface area contributed by atoms with Gasteiger partial charge < -0.3 is 15.8 Å². The summed E-state index contributed by atoms with van der Waals surface area (Å²) in [6.07, 6.45) is 5.45. The highest BCUT2D eigenvalue weighted by molar-refractivity contribution is 5.78. The highest BCUT2D eigenvalue weighted by Gasteiger charge is 2.28. The molecule has 1 saturated carbocycles. The van der Waals surface area contributed by atoms with Gasteiger partial charge in [-0.2, -0.15) is 0 Å². The van der Waals surface area contributed by atoms with Crippen LogP contribution in [0.5, 0.6) is 0 Å². The Bertz CT molecular complexity index is 282. The third-order valence-corrected chi connectivity index (χ3v) is 4.26. The van der Waals surface area contributed by atoms with Gasteiger partial charge in [-0.05, 0) is 37.5 Å². The number of carbonyl (C=O) groups excluding carboxylic acids is 1. The Balaban J connectivity index is 2.12. The molecule has 3 N–H and O–H groups in total. The third kappa shape index (κ3) is 6.71. The Morgan fingerprint density at radius 1 is 1.30 bits per heavy atom. The van der Waals surface area contributed by atoms with Gasteiger partial charge in [0.1, 0.15) is 0 Å². The first kappa shape index (κ1) is 17.4. The molecule has 0 aromatic rings. The highest BCUT2D eigenvalue weighted by atomic mass is 16.5. The van der Waals surface area contributed by atoms with E-state index in [1.54, 1.807) is 0 Å². The molecule has 1 aliphatic carbocycles. The maximum atomic E-state index is 12.1. The highest BCUT2D eigenvalue weighted by Crippen LogP contribution is 2.29. The van der Waals surface area contributed by atoms with Gasteiger partial charge in [0.05, 0.1) is 6.61 Å². The van der Waals surface area contributed by atoms with Crippen molar-refractivity contribution in [3.05, 3.63) is 0 Å². The second kappa shape index (κ2) is 9.35. The Morgan fingerprint density at radius 3 is 2.70 bits per heavy atom. The fourth-order valence-electron chi connectivity index (χ4n) is 2.76. The lowest BCUT2D eigenvalue weighted by molar-refractivity contribution is -0.126. The van der Waals surface area contributed by atoms with Gasteiger partial charge in [-0.3, -0.25) is 4.79 Å². The van der Waals surface area contributed by atoms with E-state index in [9.17, 15) is 4.79 Å². The van der Waals surface area contributed by atoms with Crippen molar-refractivity contribution in [2.75, 3.05) is 19.8 Å². The lowest BCUT2D eigenvalue weighted by atomic mass is 9.78. The van der Waals surface area contributed by atoms with Gasteiger partial charge in [0, 0.05) is 25.1 Å². The molecule has 3 unspecified atom stereocenters. The van der Waals surface area contributed by atoms with Crippen molar-refractivity contribution in [2.24, 2.45) is 23.5 Å². The van der Waals surface area contributed by atoms with Crippen molar-refractivity contribution < 1.29 is 9.53 Å². The molecule has 0 aliphatic heterocycles. The third-order valence-electron chi connectivity index (χ3n) is 4.26. The smallest absolute Gasteiger partial charge is 0.223 e. The van der Waals surface area contributed by atoms with E-state index in [0.717, 1.165) is 38.7 Å². The summed E-state index contributed by atoms with van der Waals surface area (Å²) in [5, 5.41) is 2.98. The van der Waals surface area contributed by atoms with Crippen LogP contribution in [0.4, 0.5) is 0 Å². The lowest BCUT2D eigenvalue weighted by Gasteiger charge is -2.30. The molecular weight excluding hydrogens is 252 g/mol. The van der Waals surface area contributed by atoms with Gasteiger partial charge in [0.25, 0.3) is 0 Å². The molecule has 4 heteroatoms. The van der Waals surface area contributed by atoms with Crippen molar-refractivity contribution in [1.82, 2.24) is 5.32 Å². The van der Waals surface area contributed by atoms with Crippen LogP contribution in [0.3, 0.4) is 0 Å². The van der Waals surface area contributed by atoms with Gasteiger partial charge in [0.15, 0.2) is 0 Å². The topological polar surface area (TPSA) is 64.3 Å². The SMILES string of the molecule is CC(C)CCOCCNC(=O)C(C)C1CCCC(N)C1. The molecule has 0 radical (unpaired) electrons. The molecule has 118 valence electrons. The minimum absolute atomic E-state index is 0.0667. The summed E-state index contributed by atoms with van der Waals surface area (Å²) in [5.41, 5.74) is 5.99. The number of rotatable bonds is 8. The minimum Gasteiger partial charge on any atom is -0.380 e. The molecule has 0 saturated heterocycles. The Kier molecular flexibility index (Phi) is 8.15. The zero-order valence-electron chi connectivity index (χ0n) is 13.4. The summed E-state index contributed by atoms with van der Waals surface area (Å²) < 4.78 is 5.50. The van der Waals surface area contributed by atoms with Gasteiger partial charge >= 0.3 is 0 Å². The number of carbonyl (C=O) groups is 1. The summed E-state index contributed by atoms with van der Waals surface area (Å²) in [5.74, 6) is 1.33. The largest absolute Gasteiger partial charge is 0.380 e. The van der Waals surface area contributed by atoms with Crippen molar-refractivity contribution in [2.45, 2.75) is 58.9 Å². The molecule has 0 spiro atoms. The molecule has 1 fully saturated rings. The normalized spacial score (nSPS) is 24.6. The number of amides is 1. The van der Waals surface area contributed by atoms with Crippen LogP contribution < -0.4 is 11.1 Å². The van der Waals surface area contributed by atoms with Gasteiger partial charge in [0.2, 0.25) is 5.91 Å². The zero-order chi connectivity index (χ0) is 15.0. The molecule has 1 amide bonds. The number of nitrogens with one attached hydrogen (secondary N) is 1. The van der Waals surface area contributed by atoms with Gasteiger partial charge in [-0.1, -0.05) is 27.2 Å². The quantitative estimate of drug-likeness (QED) is 0.672. The second-order valence-corrected chi connectivity index (χ2v) is 6.56. The summed E-state index contributed by atoms with van der Waals surface area (Å²) in [4.78, 5) is 12.1. The van der Waals surface area contributed by atoms with Crippen LogP contribution in [0, 0.1) is 17.8 Å². The first-order valence-corrected chi connectivity index (χ1v) is 8.11. The Labute approximate surface area is 123 Å². The van der Waals surface area contributed by atoms with Crippen LogP contribution in [0.2, 0.25) is 0 Å². The average molecular weight is 284 g/mol. The summed E-state index contributed by atoms with van der Waals surface area (Å²) in [6.45, 7) is 8.39. The molecule has 0 heterocycles. The lowest BCUT2D eigenvalue weighted by Crippen LogP contribution is -2.39. The fraction of sp³-hybridized carbons (Fsp3) is 0.938. The first-order valence-electron chi connectivity index (χ1n) is 8.11. The number of hydrogen-bond donors (Lipinski definition) is 2. The minimum atomic E-state index is 0.0667. The molecule has 0 aromatic heterocycles. The fourth-order valence-corrected chi connectivity index (χ4v) is 2.76. The molecule has 4 nitrogen and oxygen atoms in total. The van der Waals surface area contributed by atoms with E-state index in [1.807, 2.05) is 6.92 Å². The van der Waals surface area contributed by atoms with Crippen LogP contribution in [-0.2, 0) is 9.53 Å². The van der Waals surface area contributed by atoms with E-state index in [4.69, 9.17) is 10.5 Å². The number of nitrogens with two attached hydrogens (primary N) is 1. The van der Waals surface area contributed by atoms with E-state index in [1.165, 1.54) is 0 Å². The van der Waals surface area contributed by atoms with Crippen LogP contribution in [0.15, 0.2) is 0 Å². The van der Waals surface area contributed by atoms with Crippen molar-refractivity contribution >= 4 is 5.91 Å². The molecule has 0 bridgehead atoms.